The van der Waals surface area contributed by atoms with Crippen LogP contribution < -0.4 is 10.9 Å². The quantitative estimate of drug-likeness (QED) is 0.501. The molecule has 2 aromatic heterocycles. The van der Waals surface area contributed by atoms with E-state index in [1.54, 1.807) is 25.4 Å². The first-order valence-electron chi connectivity index (χ1n) is 12.6. The van der Waals surface area contributed by atoms with Crippen LogP contribution in [0.5, 0.6) is 0 Å². The van der Waals surface area contributed by atoms with Gasteiger partial charge < -0.3 is 15.0 Å². The molecule has 7 heteroatoms. The number of nitrogens with zero attached hydrogens (tertiary/aromatic N) is 1. The second kappa shape index (κ2) is 10.5. The van der Waals surface area contributed by atoms with Crippen LogP contribution in [-0.2, 0) is 11.2 Å². The fourth-order valence-electron chi connectivity index (χ4n) is 5.82. The molecule has 36 heavy (non-hydrogen) atoms. The predicted molar refractivity (Wildman–Crippen MR) is 137 cm³/mol. The fourth-order valence-corrected chi connectivity index (χ4v) is 5.82. The summed E-state index contributed by atoms with van der Waals surface area (Å²) in [5.41, 5.74) is 4.27. The van der Waals surface area contributed by atoms with Crippen molar-refractivity contribution in [3.8, 4) is 11.1 Å². The van der Waals surface area contributed by atoms with Crippen LogP contribution in [0, 0.1) is 17.7 Å². The second-order valence-electron chi connectivity index (χ2n) is 9.62. The summed E-state index contributed by atoms with van der Waals surface area (Å²) in [6.07, 6.45) is 10.6. The molecule has 1 fully saturated rings. The first-order valence-corrected chi connectivity index (χ1v) is 12.6. The minimum Gasteiger partial charge on any atom is -0.450 e. The van der Waals surface area contributed by atoms with Gasteiger partial charge in [0.05, 0.1) is 12.3 Å². The van der Waals surface area contributed by atoms with E-state index in [1.807, 2.05) is 30.3 Å². The molecule has 2 N–H and O–H groups in total. The lowest BCUT2D eigenvalue weighted by Gasteiger charge is -2.43. The van der Waals surface area contributed by atoms with E-state index in [-0.39, 0.29) is 29.4 Å². The van der Waals surface area contributed by atoms with E-state index in [4.69, 9.17) is 4.74 Å². The lowest BCUT2D eigenvalue weighted by atomic mass is 9.62. The monoisotopic (exact) mass is 487 g/mol. The number of nitrogens with one attached hydrogen (secondary N) is 2. The van der Waals surface area contributed by atoms with Crippen molar-refractivity contribution >= 4 is 12.2 Å². The Morgan fingerprint density at radius 3 is 2.89 bits per heavy atom. The number of amides is 1. The smallest absolute Gasteiger partial charge is 0.407 e. The second-order valence-corrected chi connectivity index (χ2v) is 9.62. The summed E-state index contributed by atoms with van der Waals surface area (Å²) in [5.74, 6) is 0.360. The van der Waals surface area contributed by atoms with Gasteiger partial charge in [0.25, 0.3) is 5.56 Å². The zero-order valence-electron chi connectivity index (χ0n) is 20.2. The molecule has 1 aromatic carbocycles. The van der Waals surface area contributed by atoms with Crippen LogP contribution in [0.15, 0.2) is 65.7 Å². The van der Waals surface area contributed by atoms with Gasteiger partial charge in [-0.1, -0.05) is 24.3 Å². The molecule has 0 unspecified atom stereocenters. The number of hydrogen-bond acceptors (Lipinski definition) is 4. The Hall–Kier alpha value is -3.74. The van der Waals surface area contributed by atoms with Crippen LogP contribution in [-0.4, -0.2) is 28.7 Å². The van der Waals surface area contributed by atoms with Gasteiger partial charge in [0.1, 0.15) is 5.82 Å². The number of benzene rings is 1. The number of rotatable bonds is 5. The van der Waals surface area contributed by atoms with Crippen LogP contribution in [0.2, 0.25) is 0 Å². The lowest BCUT2D eigenvalue weighted by Crippen LogP contribution is -2.45. The molecule has 2 aliphatic rings. The number of ether oxygens (including phenoxy) is 1. The molecule has 5 rings (SSSR count). The Bertz CT molecular complexity index is 1320. The van der Waals surface area contributed by atoms with E-state index in [0.717, 1.165) is 53.6 Å². The molecule has 1 amide bonds. The Labute approximate surface area is 209 Å². The van der Waals surface area contributed by atoms with E-state index in [9.17, 15) is 14.0 Å². The maximum Gasteiger partial charge on any atom is 0.407 e. The van der Waals surface area contributed by atoms with Crippen LogP contribution >= 0.6 is 0 Å². The maximum absolute atomic E-state index is 13.6. The molecule has 2 heterocycles. The van der Waals surface area contributed by atoms with Crippen molar-refractivity contribution in [2.75, 3.05) is 6.61 Å². The molecule has 6 nitrogen and oxygen atoms in total. The number of H-pyrrole nitrogens is 1. The third-order valence-electron chi connectivity index (χ3n) is 7.42. The number of halogens is 1. The first-order chi connectivity index (χ1) is 17.5. The molecule has 0 spiro atoms. The lowest BCUT2D eigenvalue weighted by molar-refractivity contribution is 0.129. The van der Waals surface area contributed by atoms with Gasteiger partial charge in [-0.25, -0.2) is 9.18 Å². The van der Waals surface area contributed by atoms with Gasteiger partial charge in [0.2, 0.25) is 0 Å². The average Bonchev–Trinajstić information content (AvgIpc) is 2.87. The number of carbonyl (C=O) groups is 1. The van der Waals surface area contributed by atoms with Crippen LogP contribution in [0.1, 0.15) is 48.9 Å². The Kier molecular flexibility index (Phi) is 6.98. The molecule has 0 saturated heterocycles. The van der Waals surface area contributed by atoms with Crippen LogP contribution in [0.4, 0.5) is 9.18 Å². The fraction of sp³-hybridized carbons (Fsp3) is 0.345. The van der Waals surface area contributed by atoms with E-state index < -0.39 is 0 Å². The third-order valence-corrected chi connectivity index (χ3v) is 7.42. The molecule has 186 valence electrons. The number of carbonyl (C=O) groups excluding carboxylic acids is 1. The molecule has 0 aliphatic heterocycles. The van der Waals surface area contributed by atoms with E-state index in [1.165, 1.54) is 12.1 Å². The molecular weight excluding hydrogens is 457 g/mol. The number of hydrogen-bond donors (Lipinski definition) is 2. The SMILES string of the molecule is CCOC(=O)N[C@@H]1CC[C@@H]2[C@H](Cc3cc[nH]c(=O)c3[C@H]2C=Cc2ccc(-c3cccc(F)c3)cn2)C1. The van der Waals surface area contributed by atoms with Gasteiger partial charge in [0.15, 0.2) is 0 Å². The predicted octanol–water partition coefficient (Wildman–Crippen LogP) is 5.46. The highest BCUT2D eigenvalue weighted by molar-refractivity contribution is 5.67. The minimum absolute atomic E-state index is 0.0306. The Morgan fingerprint density at radius 2 is 2.11 bits per heavy atom. The van der Waals surface area contributed by atoms with Crippen molar-refractivity contribution in [1.29, 1.82) is 0 Å². The number of allylic oxidation sites excluding steroid dienone is 1. The van der Waals surface area contributed by atoms with E-state index >= 15 is 0 Å². The zero-order valence-corrected chi connectivity index (χ0v) is 20.2. The third kappa shape index (κ3) is 5.10. The van der Waals surface area contributed by atoms with Gasteiger partial charge in [-0.05, 0) is 85.9 Å². The van der Waals surface area contributed by atoms with Crippen molar-refractivity contribution in [3.05, 3.63) is 93.9 Å². The number of aromatic amines is 1. The first kappa shape index (κ1) is 24.0. The van der Waals surface area contributed by atoms with Gasteiger partial charge in [-0.3, -0.25) is 9.78 Å². The molecule has 1 saturated carbocycles. The van der Waals surface area contributed by atoms with Crippen molar-refractivity contribution in [1.82, 2.24) is 15.3 Å². The Balaban J connectivity index is 1.38. The number of fused-ring (bicyclic) bond motifs is 2. The molecule has 2 aliphatic carbocycles. The molecular formula is C29H30FN3O3. The van der Waals surface area contributed by atoms with Crippen molar-refractivity contribution in [3.63, 3.8) is 0 Å². The normalized spacial score (nSPS) is 23.1. The summed E-state index contributed by atoms with van der Waals surface area (Å²) < 4.78 is 18.7. The summed E-state index contributed by atoms with van der Waals surface area (Å²) in [6, 6.07) is 12.4. The number of aromatic nitrogens is 2. The minimum atomic E-state index is -0.363. The molecule has 3 aromatic rings. The van der Waals surface area contributed by atoms with Crippen molar-refractivity contribution in [2.45, 2.75) is 44.6 Å². The van der Waals surface area contributed by atoms with E-state index in [2.05, 4.69) is 21.4 Å². The van der Waals surface area contributed by atoms with Crippen molar-refractivity contribution in [2.24, 2.45) is 11.8 Å². The standard InChI is InChI=1S/C29H30FN3O3/c1-2-36-29(35)33-24-9-10-25-21(16-24)14-19-12-13-31-28(34)27(19)26(25)11-8-23-7-6-20(17-32-23)18-4-3-5-22(30)15-18/h3-8,11-13,15,17,21,24-26H,2,9-10,14,16H2,1H3,(H,31,34)(H,33,35)/t21-,24-,25-,26+/m1/s1. The summed E-state index contributed by atoms with van der Waals surface area (Å²) in [7, 11) is 0. The largest absolute Gasteiger partial charge is 0.450 e. The summed E-state index contributed by atoms with van der Waals surface area (Å²) in [5, 5.41) is 3.00. The average molecular weight is 488 g/mol. The van der Waals surface area contributed by atoms with Gasteiger partial charge in [-0.15, -0.1) is 0 Å². The molecule has 4 atom stereocenters. The highest BCUT2D eigenvalue weighted by Gasteiger charge is 2.41. The Morgan fingerprint density at radius 1 is 1.22 bits per heavy atom. The van der Waals surface area contributed by atoms with Crippen LogP contribution in [0.25, 0.3) is 17.2 Å². The zero-order chi connectivity index (χ0) is 25.1. The highest BCUT2D eigenvalue weighted by Crippen LogP contribution is 2.46. The molecule has 0 radical (unpaired) electrons. The van der Waals surface area contributed by atoms with Crippen molar-refractivity contribution < 1.29 is 13.9 Å². The topological polar surface area (TPSA) is 84.1 Å². The molecule has 0 bridgehead atoms. The summed E-state index contributed by atoms with van der Waals surface area (Å²) >= 11 is 0. The highest BCUT2D eigenvalue weighted by atomic mass is 19.1. The van der Waals surface area contributed by atoms with Gasteiger partial charge in [0, 0.05) is 35.5 Å². The van der Waals surface area contributed by atoms with Crippen LogP contribution in [0.3, 0.4) is 0 Å². The number of alkyl carbamates (subject to hydrolysis) is 1. The maximum atomic E-state index is 13.6. The van der Waals surface area contributed by atoms with Gasteiger partial charge in [-0.2, -0.15) is 0 Å². The van der Waals surface area contributed by atoms with Gasteiger partial charge >= 0.3 is 6.09 Å². The van der Waals surface area contributed by atoms with E-state index in [0.29, 0.717) is 18.4 Å². The summed E-state index contributed by atoms with van der Waals surface area (Å²) in [4.78, 5) is 32.2. The summed E-state index contributed by atoms with van der Waals surface area (Å²) in [6.45, 7) is 2.15. The number of pyridine rings is 2.